The van der Waals surface area contributed by atoms with E-state index < -0.39 is 9.73 Å². The molecule has 0 saturated heterocycles. The van der Waals surface area contributed by atoms with E-state index in [9.17, 15) is 4.21 Å². The van der Waals surface area contributed by atoms with Crippen molar-refractivity contribution in [2.24, 2.45) is 0 Å². The molecule has 0 fully saturated rings. The molecule has 1 aromatic heterocycles. The van der Waals surface area contributed by atoms with Gasteiger partial charge in [-0.25, -0.2) is 8.99 Å². The zero-order chi connectivity index (χ0) is 11.0. The van der Waals surface area contributed by atoms with Crippen LogP contribution in [0.1, 0.15) is 26.5 Å². The molecule has 0 spiro atoms. The monoisotopic (exact) mass is 213 g/mol. The molecule has 0 aliphatic rings. The average molecular weight is 213 g/mol. The first-order valence-electron chi connectivity index (χ1n) is 4.28. The maximum atomic E-state index is 11.5. The maximum absolute atomic E-state index is 11.5. The molecule has 0 bridgehead atoms. The van der Waals surface area contributed by atoms with Crippen molar-refractivity contribution < 1.29 is 4.21 Å². The van der Waals surface area contributed by atoms with Crippen LogP contribution in [0.2, 0.25) is 0 Å². The van der Waals surface area contributed by atoms with Gasteiger partial charge < -0.3 is 0 Å². The van der Waals surface area contributed by atoms with Crippen molar-refractivity contribution in [2.75, 3.05) is 6.26 Å². The molecule has 0 amide bonds. The van der Waals surface area contributed by atoms with Crippen molar-refractivity contribution in [3.05, 3.63) is 18.0 Å². The first-order chi connectivity index (χ1) is 6.21. The summed E-state index contributed by atoms with van der Waals surface area (Å²) < 4.78 is 18.9. The van der Waals surface area contributed by atoms with Gasteiger partial charge in [-0.3, -0.25) is 0 Å². The maximum Gasteiger partial charge on any atom is 0.0713 e. The normalized spacial score (nSPS) is 16.3. The lowest BCUT2D eigenvalue weighted by Gasteiger charge is -2.17. The van der Waals surface area contributed by atoms with Crippen LogP contribution >= 0.6 is 0 Å². The van der Waals surface area contributed by atoms with Crippen molar-refractivity contribution in [1.82, 2.24) is 10.2 Å². The third-order valence-corrected chi connectivity index (χ3v) is 2.97. The Morgan fingerprint density at radius 1 is 1.43 bits per heavy atom. The quantitative estimate of drug-likeness (QED) is 0.773. The van der Waals surface area contributed by atoms with Gasteiger partial charge in [0.05, 0.1) is 26.5 Å². The fraction of sp³-hybridized carbons (Fsp3) is 0.556. The summed E-state index contributed by atoms with van der Waals surface area (Å²) >= 11 is 0. The minimum atomic E-state index is -2.69. The van der Waals surface area contributed by atoms with Crippen molar-refractivity contribution in [3.8, 4) is 0 Å². The Labute approximate surface area is 84.7 Å². The van der Waals surface area contributed by atoms with Crippen LogP contribution in [0.25, 0.3) is 0 Å². The van der Waals surface area contributed by atoms with Crippen molar-refractivity contribution in [2.45, 2.75) is 31.1 Å². The van der Waals surface area contributed by atoms with E-state index in [1.54, 1.807) is 6.07 Å². The molecule has 5 heteroatoms. The van der Waals surface area contributed by atoms with Crippen LogP contribution < -0.4 is 0 Å². The summed E-state index contributed by atoms with van der Waals surface area (Å²) in [5, 5.41) is 7.73. The largest absolute Gasteiger partial charge is 0.249 e. The summed E-state index contributed by atoms with van der Waals surface area (Å²) in [7, 11) is -2.69. The lowest BCUT2D eigenvalue weighted by atomic mass is 9.92. The Hall–Kier alpha value is -0.970. The van der Waals surface area contributed by atoms with Gasteiger partial charge in [0.25, 0.3) is 0 Å². The highest BCUT2D eigenvalue weighted by molar-refractivity contribution is 7.91. The van der Waals surface area contributed by atoms with Gasteiger partial charge in [-0.05, 0) is 6.07 Å². The summed E-state index contributed by atoms with van der Waals surface area (Å²) in [4.78, 5) is 0.442. The second-order valence-electron chi connectivity index (χ2n) is 4.37. The van der Waals surface area contributed by atoms with Gasteiger partial charge in [0, 0.05) is 11.7 Å². The summed E-state index contributed by atoms with van der Waals surface area (Å²) in [6.45, 7) is 6.01. The average Bonchev–Trinajstić information content (AvgIpc) is 2.01. The second-order valence-corrected chi connectivity index (χ2v) is 6.53. The van der Waals surface area contributed by atoms with Crippen molar-refractivity contribution in [1.29, 1.82) is 4.78 Å². The van der Waals surface area contributed by atoms with E-state index in [2.05, 4.69) is 10.2 Å². The molecule has 1 heterocycles. The SMILES string of the molecule is CC(C)(C)c1cc([S@@](C)(=N)=O)cnn1. The lowest BCUT2D eigenvalue weighted by molar-refractivity contribution is 0.555. The van der Waals surface area contributed by atoms with Gasteiger partial charge in [0.2, 0.25) is 0 Å². The zero-order valence-electron chi connectivity index (χ0n) is 8.87. The Bertz CT molecular complexity index is 432. The molecule has 0 aliphatic carbocycles. The Morgan fingerprint density at radius 2 is 2.00 bits per heavy atom. The van der Waals surface area contributed by atoms with E-state index >= 15 is 0 Å². The lowest BCUT2D eigenvalue weighted by Crippen LogP contribution is -2.15. The molecule has 0 radical (unpaired) electrons. The van der Waals surface area contributed by atoms with Gasteiger partial charge in [0.1, 0.15) is 0 Å². The van der Waals surface area contributed by atoms with Crippen molar-refractivity contribution >= 4 is 9.73 Å². The Balaban J connectivity index is 3.29. The first-order valence-corrected chi connectivity index (χ1v) is 6.25. The molecule has 0 saturated carbocycles. The van der Waals surface area contributed by atoms with Gasteiger partial charge in [-0.15, -0.1) is 0 Å². The summed E-state index contributed by atoms with van der Waals surface area (Å²) in [6, 6.07) is 1.70. The Morgan fingerprint density at radius 3 is 2.43 bits per heavy atom. The van der Waals surface area contributed by atoms with Gasteiger partial charge in [-0.1, -0.05) is 20.8 Å². The van der Waals surface area contributed by atoms with Crippen LogP contribution in [-0.2, 0) is 15.1 Å². The fourth-order valence-corrected chi connectivity index (χ4v) is 1.51. The van der Waals surface area contributed by atoms with Crippen LogP contribution in [-0.4, -0.2) is 20.7 Å². The number of nitrogens with one attached hydrogen (secondary N) is 1. The minimum Gasteiger partial charge on any atom is -0.249 e. The predicted molar refractivity (Wildman–Crippen MR) is 55.8 cm³/mol. The van der Waals surface area contributed by atoms with Crippen molar-refractivity contribution in [3.63, 3.8) is 0 Å². The van der Waals surface area contributed by atoms with E-state index in [1.165, 1.54) is 12.5 Å². The first kappa shape index (κ1) is 11.1. The number of nitrogens with zero attached hydrogens (tertiary/aromatic N) is 2. The highest BCUT2D eigenvalue weighted by atomic mass is 32.2. The van der Waals surface area contributed by atoms with E-state index in [0.717, 1.165) is 5.69 Å². The van der Waals surface area contributed by atoms with Gasteiger partial charge in [-0.2, -0.15) is 10.2 Å². The summed E-state index contributed by atoms with van der Waals surface area (Å²) in [5.74, 6) is 0. The molecule has 78 valence electrons. The standard InChI is InChI=1S/C9H15N3OS/c1-9(2,3)8-5-7(6-11-12-8)14(4,10)13/h5-6,10H,1-4H3/t14-/m0/s1. The molecule has 1 N–H and O–H groups in total. The molecular weight excluding hydrogens is 198 g/mol. The molecule has 1 aromatic rings. The van der Waals surface area contributed by atoms with E-state index in [0.29, 0.717) is 4.90 Å². The van der Waals surface area contributed by atoms with E-state index in [-0.39, 0.29) is 5.41 Å². The third-order valence-electron chi connectivity index (χ3n) is 1.85. The highest BCUT2D eigenvalue weighted by Gasteiger charge is 2.17. The fourth-order valence-electron chi connectivity index (χ4n) is 0.928. The number of hydrogen-bond acceptors (Lipinski definition) is 4. The van der Waals surface area contributed by atoms with Gasteiger partial charge >= 0.3 is 0 Å². The molecule has 0 aliphatic heterocycles. The van der Waals surface area contributed by atoms with Crippen LogP contribution in [0.3, 0.4) is 0 Å². The molecular formula is C9H15N3OS. The topological polar surface area (TPSA) is 66.7 Å². The number of aromatic nitrogens is 2. The highest BCUT2D eigenvalue weighted by Crippen LogP contribution is 2.21. The van der Waals surface area contributed by atoms with Crippen LogP contribution in [0.4, 0.5) is 0 Å². The zero-order valence-corrected chi connectivity index (χ0v) is 9.68. The van der Waals surface area contributed by atoms with E-state index in [1.807, 2.05) is 20.8 Å². The molecule has 14 heavy (non-hydrogen) atoms. The number of rotatable bonds is 1. The second kappa shape index (κ2) is 3.31. The van der Waals surface area contributed by atoms with Crippen LogP contribution in [0.5, 0.6) is 0 Å². The minimum absolute atomic E-state index is 0.131. The molecule has 0 unspecified atom stereocenters. The molecule has 1 rings (SSSR count). The third kappa shape index (κ3) is 2.51. The number of hydrogen-bond donors (Lipinski definition) is 1. The van der Waals surface area contributed by atoms with Crippen LogP contribution in [0, 0.1) is 4.78 Å². The summed E-state index contributed by atoms with van der Waals surface area (Å²) in [5.41, 5.74) is 0.630. The summed E-state index contributed by atoms with van der Waals surface area (Å²) in [6.07, 6.45) is 2.78. The smallest absolute Gasteiger partial charge is 0.0713 e. The Kier molecular flexibility index (Phi) is 2.63. The van der Waals surface area contributed by atoms with Gasteiger partial charge in [0.15, 0.2) is 0 Å². The predicted octanol–water partition coefficient (Wildman–Crippen LogP) is 1.81. The molecule has 1 atom stereocenters. The van der Waals surface area contributed by atoms with Crippen LogP contribution in [0.15, 0.2) is 17.2 Å². The van der Waals surface area contributed by atoms with E-state index in [4.69, 9.17) is 4.78 Å². The molecule has 4 nitrogen and oxygen atoms in total. The molecule has 0 aromatic carbocycles.